The minimum absolute atomic E-state index is 0.102. The molecule has 0 bridgehead atoms. The Morgan fingerprint density at radius 2 is 1.77 bits per heavy atom. The van der Waals surface area contributed by atoms with Crippen molar-refractivity contribution in [1.82, 2.24) is 25.2 Å². The summed E-state index contributed by atoms with van der Waals surface area (Å²) < 4.78 is 7.95. The lowest BCUT2D eigenvalue weighted by Crippen LogP contribution is -2.51. The Labute approximate surface area is 234 Å². The number of aromatic nitrogens is 3. The highest BCUT2D eigenvalue weighted by molar-refractivity contribution is 5.90. The number of likely N-dealkylation sites (tertiary alicyclic amines) is 1. The molecule has 2 N–H and O–H groups in total. The van der Waals surface area contributed by atoms with Gasteiger partial charge in [0.15, 0.2) is 0 Å². The zero-order valence-electron chi connectivity index (χ0n) is 23.2. The molecule has 3 heterocycles. The molecule has 210 valence electrons. The second kappa shape index (κ2) is 10.4. The fourth-order valence-corrected chi connectivity index (χ4v) is 6.02. The third-order valence-corrected chi connectivity index (χ3v) is 8.21. The first-order valence-electron chi connectivity index (χ1n) is 14.2. The Morgan fingerprint density at radius 1 is 1.05 bits per heavy atom. The minimum atomic E-state index is -0.788. The molecule has 3 aromatic rings. The van der Waals surface area contributed by atoms with Gasteiger partial charge in [-0.15, -0.1) is 5.10 Å². The average Bonchev–Trinajstić information content (AvgIpc) is 3.54. The fraction of sp³-hybridized carbons (Fsp3) is 0.484. The van der Waals surface area contributed by atoms with Crippen molar-refractivity contribution < 1.29 is 19.4 Å². The summed E-state index contributed by atoms with van der Waals surface area (Å²) in [6.07, 6.45) is 3.80. The Hall–Kier alpha value is -3.72. The fourth-order valence-electron chi connectivity index (χ4n) is 6.02. The van der Waals surface area contributed by atoms with Gasteiger partial charge in [-0.3, -0.25) is 9.59 Å². The largest absolute Gasteiger partial charge is 0.485 e. The summed E-state index contributed by atoms with van der Waals surface area (Å²) in [7, 11) is 0. The summed E-state index contributed by atoms with van der Waals surface area (Å²) in [5.74, 6) is 0.644. The molecule has 1 saturated carbocycles. The molecule has 0 radical (unpaired) electrons. The molecule has 2 amide bonds. The molecule has 0 unspecified atom stereocenters. The molecule has 2 aliphatic heterocycles. The maximum atomic E-state index is 14.1. The van der Waals surface area contributed by atoms with Gasteiger partial charge < -0.3 is 20.1 Å². The first-order valence-corrected chi connectivity index (χ1v) is 14.2. The SMILES string of the molecule is CC(C)(C)[C@@H](C(=O)N1C[C@H](O)C[C@H]1C(=O)N[C@@H]1C[C@@H](c2ccccc2)Oc2ccccc21)n1cc(C2CC2)nn1. The smallest absolute Gasteiger partial charge is 0.248 e. The third-order valence-electron chi connectivity index (χ3n) is 8.21. The predicted octanol–water partition coefficient (Wildman–Crippen LogP) is 4.09. The number of hydrogen-bond donors (Lipinski definition) is 2. The van der Waals surface area contributed by atoms with Gasteiger partial charge in [0.05, 0.1) is 17.8 Å². The number of β-amino-alcohol motifs (C(OH)–C–C–N with tert-alkyl or cyclic N) is 1. The maximum Gasteiger partial charge on any atom is 0.248 e. The first kappa shape index (κ1) is 26.5. The second-order valence-electron chi connectivity index (χ2n) is 12.4. The second-order valence-corrected chi connectivity index (χ2v) is 12.4. The van der Waals surface area contributed by atoms with Gasteiger partial charge in [-0.05, 0) is 29.9 Å². The van der Waals surface area contributed by atoms with E-state index in [2.05, 4.69) is 15.6 Å². The molecule has 6 rings (SSSR count). The van der Waals surface area contributed by atoms with Crippen LogP contribution in [0, 0.1) is 5.41 Å². The molecule has 1 saturated heterocycles. The van der Waals surface area contributed by atoms with Crippen molar-refractivity contribution in [2.75, 3.05) is 6.54 Å². The summed E-state index contributed by atoms with van der Waals surface area (Å²) in [6.45, 7) is 6.06. The number of aliphatic hydroxyl groups excluding tert-OH is 1. The minimum Gasteiger partial charge on any atom is -0.485 e. The molecule has 40 heavy (non-hydrogen) atoms. The van der Waals surface area contributed by atoms with Crippen molar-refractivity contribution in [2.45, 2.75) is 82.7 Å². The highest BCUT2D eigenvalue weighted by Crippen LogP contribution is 2.42. The molecule has 0 spiro atoms. The molecule has 1 aromatic heterocycles. The number of benzene rings is 2. The van der Waals surface area contributed by atoms with Crippen molar-refractivity contribution in [2.24, 2.45) is 5.41 Å². The van der Waals surface area contributed by atoms with Crippen LogP contribution in [0.15, 0.2) is 60.8 Å². The molecule has 2 fully saturated rings. The van der Waals surface area contributed by atoms with E-state index < -0.39 is 23.6 Å². The van der Waals surface area contributed by atoms with Gasteiger partial charge in [0.1, 0.15) is 23.9 Å². The lowest BCUT2D eigenvalue weighted by atomic mass is 9.85. The van der Waals surface area contributed by atoms with Crippen LogP contribution in [0.2, 0.25) is 0 Å². The summed E-state index contributed by atoms with van der Waals surface area (Å²) in [5.41, 5.74) is 2.37. The number of ether oxygens (including phenoxy) is 1. The van der Waals surface area contributed by atoms with Crippen LogP contribution in [0.4, 0.5) is 0 Å². The van der Waals surface area contributed by atoms with E-state index in [0.717, 1.165) is 35.4 Å². The highest BCUT2D eigenvalue weighted by Gasteiger charge is 2.46. The van der Waals surface area contributed by atoms with Crippen LogP contribution in [0.25, 0.3) is 0 Å². The Kier molecular flexibility index (Phi) is 6.86. The molecule has 1 aliphatic carbocycles. The van der Waals surface area contributed by atoms with Crippen LogP contribution in [0.1, 0.15) is 87.4 Å². The number of fused-ring (bicyclic) bond motifs is 1. The summed E-state index contributed by atoms with van der Waals surface area (Å²) in [6, 6.07) is 16.0. The van der Waals surface area contributed by atoms with Gasteiger partial charge in [-0.2, -0.15) is 0 Å². The average molecular weight is 544 g/mol. The van der Waals surface area contributed by atoms with Crippen molar-refractivity contribution in [3.8, 4) is 5.75 Å². The van der Waals surface area contributed by atoms with Gasteiger partial charge in [-0.1, -0.05) is 74.5 Å². The molecule has 2 aromatic carbocycles. The number of rotatable bonds is 6. The van der Waals surface area contributed by atoms with Crippen molar-refractivity contribution >= 4 is 11.8 Å². The van der Waals surface area contributed by atoms with Crippen molar-refractivity contribution in [3.63, 3.8) is 0 Å². The zero-order valence-corrected chi connectivity index (χ0v) is 23.2. The Morgan fingerprint density at radius 3 is 2.50 bits per heavy atom. The van der Waals surface area contributed by atoms with Crippen molar-refractivity contribution in [3.05, 3.63) is 77.6 Å². The maximum absolute atomic E-state index is 14.1. The number of para-hydroxylation sites is 1. The van der Waals surface area contributed by atoms with Crippen LogP contribution in [-0.2, 0) is 9.59 Å². The van der Waals surface area contributed by atoms with Crippen LogP contribution < -0.4 is 10.1 Å². The van der Waals surface area contributed by atoms with Crippen LogP contribution in [0.3, 0.4) is 0 Å². The molecule has 9 heteroatoms. The summed E-state index contributed by atoms with van der Waals surface area (Å²) in [4.78, 5) is 29.5. The monoisotopic (exact) mass is 543 g/mol. The number of carbonyl (C=O) groups excluding carboxylic acids is 2. The number of hydrogen-bond acceptors (Lipinski definition) is 6. The van der Waals surface area contributed by atoms with Gasteiger partial charge >= 0.3 is 0 Å². The Bertz CT molecular complexity index is 1380. The molecule has 5 atom stereocenters. The topological polar surface area (TPSA) is 110 Å². The normalized spacial score (nSPS) is 25.1. The van der Waals surface area contributed by atoms with Crippen molar-refractivity contribution in [1.29, 1.82) is 0 Å². The lowest BCUT2D eigenvalue weighted by molar-refractivity contribution is -0.144. The molecule has 3 aliphatic rings. The first-order chi connectivity index (χ1) is 19.2. The van der Waals surface area contributed by atoms with E-state index >= 15 is 0 Å². The number of carbonyl (C=O) groups is 2. The standard InChI is InChI=1S/C31H37N5O4/c1-31(2,3)28(36-18-24(33-34-36)19-13-14-19)30(39)35-17-21(37)15-25(35)29(38)32-23-16-27(20-9-5-4-6-10-20)40-26-12-8-7-11-22(23)26/h4-12,18-19,21,23,25,27-28,37H,13-17H2,1-3H3,(H,32,38)/t21-,23-,25+,27+,28-/m1/s1. The Balaban J connectivity index is 1.24. The highest BCUT2D eigenvalue weighted by atomic mass is 16.5. The molecule has 9 nitrogen and oxygen atoms in total. The van der Waals surface area contributed by atoms with E-state index in [9.17, 15) is 14.7 Å². The van der Waals surface area contributed by atoms with E-state index in [1.165, 1.54) is 4.90 Å². The quantitative estimate of drug-likeness (QED) is 0.485. The van der Waals surface area contributed by atoms with Gasteiger partial charge in [0, 0.05) is 37.1 Å². The summed E-state index contributed by atoms with van der Waals surface area (Å²) >= 11 is 0. The van der Waals surface area contributed by atoms with Crippen LogP contribution in [-0.4, -0.2) is 55.5 Å². The number of nitrogens with zero attached hydrogens (tertiary/aromatic N) is 4. The van der Waals surface area contributed by atoms with Gasteiger partial charge in [0.2, 0.25) is 11.8 Å². The van der Waals surface area contributed by atoms with Gasteiger partial charge in [0.25, 0.3) is 0 Å². The number of amides is 2. The lowest BCUT2D eigenvalue weighted by Gasteiger charge is -2.36. The number of nitrogens with one attached hydrogen (secondary N) is 1. The predicted molar refractivity (Wildman–Crippen MR) is 148 cm³/mol. The van der Waals surface area contributed by atoms with E-state index in [4.69, 9.17) is 4.74 Å². The third kappa shape index (κ3) is 5.22. The zero-order chi connectivity index (χ0) is 28.0. The van der Waals surface area contributed by atoms with Gasteiger partial charge in [-0.25, -0.2) is 4.68 Å². The molecular weight excluding hydrogens is 506 g/mol. The number of aliphatic hydroxyl groups is 1. The van der Waals surface area contributed by atoms with E-state index in [-0.39, 0.29) is 36.9 Å². The molecular formula is C31H37N5O4. The summed E-state index contributed by atoms with van der Waals surface area (Å²) in [5, 5.41) is 22.5. The van der Waals surface area contributed by atoms with E-state index in [1.807, 2.05) is 81.6 Å². The van der Waals surface area contributed by atoms with E-state index in [0.29, 0.717) is 12.3 Å². The van der Waals surface area contributed by atoms with E-state index in [1.54, 1.807) is 4.68 Å². The van der Waals surface area contributed by atoms with Crippen LogP contribution >= 0.6 is 0 Å². The van der Waals surface area contributed by atoms with Crippen LogP contribution in [0.5, 0.6) is 5.75 Å².